The molecule has 0 fully saturated rings. The van der Waals surface area contributed by atoms with E-state index in [4.69, 9.17) is 10.2 Å². The summed E-state index contributed by atoms with van der Waals surface area (Å²) in [5.41, 5.74) is 9.68. The Morgan fingerprint density at radius 3 is 2.59 bits per heavy atom. The molecule has 3 aromatic rings. The number of rotatable bonds is 1. The summed E-state index contributed by atoms with van der Waals surface area (Å²) in [6, 6.07) is 16.0. The van der Waals surface area contributed by atoms with E-state index in [1.54, 1.807) is 0 Å². The normalized spacial score (nSPS) is 10.9. The molecule has 0 bridgehead atoms. The molecule has 0 atom stereocenters. The molecule has 3 rings (SSSR count). The van der Waals surface area contributed by atoms with Crippen molar-refractivity contribution in [3.05, 3.63) is 54.1 Å². The van der Waals surface area contributed by atoms with Crippen LogP contribution in [0.1, 0.15) is 5.56 Å². The minimum absolute atomic E-state index is 0.764. The van der Waals surface area contributed by atoms with Crippen LogP contribution in [0.5, 0.6) is 0 Å². The second-order valence-corrected chi connectivity index (χ2v) is 4.28. The zero-order valence-corrected chi connectivity index (χ0v) is 9.60. The summed E-state index contributed by atoms with van der Waals surface area (Å²) in [5, 5.41) is 1.11. The Labute approximate surface area is 99.7 Å². The number of aryl methyl sites for hydroxylation is 1. The van der Waals surface area contributed by atoms with E-state index < -0.39 is 0 Å². The van der Waals surface area contributed by atoms with Gasteiger partial charge in [0.15, 0.2) is 0 Å². The molecule has 0 saturated carbocycles. The van der Waals surface area contributed by atoms with Gasteiger partial charge in [-0.25, -0.2) is 0 Å². The molecule has 17 heavy (non-hydrogen) atoms. The largest absolute Gasteiger partial charge is 0.456 e. The molecular weight excluding hydrogens is 210 g/mol. The smallest absolute Gasteiger partial charge is 0.135 e. The van der Waals surface area contributed by atoms with Crippen LogP contribution in [0.25, 0.3) is 22.3 Å². The minimum atomic E-state index is 0.764. The van der Waals surface area contributed by atoms with Gasteiger partial charge in [0.25, 0.3) is 0 Å². The van der Waals surface area contributed by atoms with E-state index in [0.717, 1.165) is 33.5 Å². The molecule has 2 aromatic carbocycles. The highest BCUT2D eigenvalue weighted by Gasteiger charge is 2.06. The molecule has 0 aliphatic carbocycles. The summed E-state index contributed by atoms with van der Waals surface area (Å²) in [6.45, 7) is 2.03. The van der Waals surface area contributed by atoms with Gasteiger partial charge in [-0.2, -0.15) is 0 Å². The number of anilines is 1. The number of para-hydroxylation sites is 1. The van der Waals surface area contributed by atoms with Crippen LogP contribution in [0.4, 0.5) is 5.69 Å². The maximum absolute atomic E-state index is 5.85. The van der Waals surface area contributed by atoms with Gasteiger partial charge >= 0.3 is 0 Å². The van der Waals surface area contributed by atoms with Crippen molar-refractivity contribution in [3.63, 3.8) is 0 Å². The van der Waals surface area contributed by atoms with Gasteiger partial charge in [-0.15, -0.1) is 0 Å². The Balaban J connectivity index is 2.20. The molecule has 0 aliphatic heterocycles. The second kappa shape index (κ2) is 3.67. The van der Waals surface area contributed by atoms with E-state index in [1.165, 1.54) is 0 Å². The highest BCUT2D eigenvalue weighted by atomic mass is 16.3. The molecular formula is C15H13NO. The molecule has 0 unspecified atom stereocenters. The van der Waals surface area contributed by atoms with Gasteiger partial charge in [0.2, 0.25) is 0 Å². The summed E-state index contributed by atoms with van der Waals surface area (Å²) in [5.74, 6) is 0.863. The van der Waals surface area contributed by atoms with Gasteiger partial charge in [0, 0.05) is 16.6 Å². The van der Waals surface area contributed by atoms with E-state index in [1.807, 2.05) is 49.4 Å². The van der Waals surface area contributed by atoms with Crippen molar-refractivity contribution in [1.82, 2.24) is 0 Å². The third-order valence-electron chi connectivity index (χ3n) is 2.81. The SMILES string of the molecule is Cc1cc(N)cc(-c2cc3ccccc3o2)c1. The Bertz CT molecular complexity index is 629. The van der Waals surface area contributed by atoms with E-state index in [2.05, 4.69) is 6.07 Å². The number of hydrogen-bond acceptors (Lipinski definition) is 2. The van der Waals surface area contributed by atoms with E-state index in [-0.39, 0.29) is 0 Å². The predicted octanol–water partition coefficient (Wildman–Crippen LogP) is 3.99. The lowest BCUT2D eigenvalue weighted by Crippen LogP contribution is -1.86. The van der Waals surface area contributed by atoms with Crippen LogP contribution in [-0.4, -0.2) is 0 Å². The van der Waals surface area contributed by atoms with Gasteiger partial charge in [0.1, 0.15) is 11.3 Å². The van der Waals surface area contributed by atoms with Crippen LogP contribution in [0.2, 0.25) is 0 Å². The van der Waals surface area contributed by atoms with Crippen LogP contribution in [0, 0.1) is 6.92 Å². The number of fused-ring (bicyclic) bond motifs is 1. The maximum atomic E-state index is 5.85. The minimum Gasteiger partial charge on any atom is -0.456 e. The third-order valence-corrected chi connectivity index (χ3v) is 2.81. The molecule has 84 valence electrons. The maximum Gasteiger partial charge on any atom is 0.135 e. The summed E-state index contributed by atoms with van der Waals surface area (Å²) in [7, 11) is 0. The third kappa shape index (κ3) is 1.78. The van der Waals surface area contributed by atoms with Gasteiger partial charge in [-0.1, -0.05) is 18.2 Å². The standard InChI is InChI=1S/C15H13NO/c1-10-6-12(8-13(16)7-10)15-9-11-4-2-3-5-14(11)17-15/h2-9H,16H2,1H3. The van der Waals surface area contributed by atoms with Crippen molar-refractivity contribution in [1.29, 1.82) is 0 Å². The monoisotopic (exact) mass is 223 g/mol. The van der Waals surface area contributed by atoms with Gasteiger partial charge < -0.3 is 10.2 Å². The lowest BCUT2D eigenvalue weighted by Gasteiger charge is -2.01. The topological polar surface area (TPSA) is 39.2 Å². The fraction of sp³-hybridized carbons (Fsp3) is 0.0667. The van der Waals surface area contributed by atoms with Crippen molar-refractivity contribution in [3.8, 4) is 11.3 Å². The lowest BCUT2D eigenvalue weighted by atomic mass is 10.1. The number of nitrogen functional groups attached to an aromatic ring is 1. The number of nitrogens with two attached hydrogens (primary N) is 1. The van der Waals surface area contributed by atoms with Crippen molar-refractivity contribution >= 4 is 16.7 Å². The highest BCUT2D eigenvalue weighted by molar-refractivity contribution is 5.83. The molecule has 0 saturated heterocycles. The van der Waals surface area contributed by atoms with Gasteiger partial charge in [-0.05, 0) is 42.8 Å². The molecule has 1 heterocycles. The van der Waals surface area contributed by atoms with E-state index >= 15 is 0 Å². The molecule has 0 radical (unpaired) electrons. The molecule has 1 aromatic heterocycles. The first-order valence-corrected chi connectivity index (χ1v) is 5.58. The Morgan fingerprint density at radius 2 is 1.82 bits per heavy atom. The van der Waals surface area contributed by atoms with E-state index in [9.17, 15) is 0 Å². The molecule has 0 amide bonds. The molecule has 2 N–H and O–H groups in total. The summed E-state index contributed by atoms with van der Waals surface area (Å²) in [6.07, 6.45) is 0. The van der Waals surface area contributed by atoms with Crippen LogP contribution < -0.4 is 5.73 Å². The fourth-order valence-corrected chi connectivity index (χ4v) is 2.08. The second-order valence-electron chi connectivity index (χ2n) is 4.28. The van der Waals surface area contributed by atoms with Crippen LogP contribution in [-0.2, 0) is 0 Å². The van der Waals surface area contributed by atoms with Crippen molar-refractivity contribution in [2.45, 2.75) is 6.92 Å². The first-order chi connectivity index (χ1) is 8.22. The number of benzene rings is 2. The predicted molar refractivity (Wildman–Crippen MR) is 70.8 cm³/mol. The summed E-state index contributed by atoms with van der Waals surface area (Å²) < 4.78 is 5.81. The molecule has 0 aliphatic rings. The number of furan rings is 1. The average molecular weight is 223 g/mol. The molecule has 2 heteroatoms. The van der Waals surface area contributed by atoms with Crippen LogP contribution in [0.3, 0.4) is 0 Å². The van der Waals surface area contributed by atoms with Crippen molar-refractivity contribution in [2.24, 2.45) is 0 Å². The Hall–Kier alpha value is -2.22. The molecule has 0 spiro atoms. The lowest BCUT2D eigenvalue weighted by molar-refractivity contribution is 0.631. The average Bonchev–Trinajstić information content (AvgIpc) is 2.71. The van der Waals surface area contributed by atoms with E-state index in [0.29, 0.717) is 0 Å². The zero-order valence-electron chi connectivity index (χ0n) is 9.60. The quantitative estimate of drug-likeness (QED) is 0.633. The van der Waals surface area contributed by atoms with Crippen molar-refractivity contribution in [2.75, 3.05) is 5.73 Å². The summed E-state index contributed by atoms with van der Waals surface area (Å²) >= 11 is 0. The fourth-order valence-electron chi connectivity index (χ4n) is 2.08. The first-order valence-electron chi connectivity index (χ1n) is 5.58. The van der Waals surface area contributed by atoms with Crippen LogP contribution in [0.15, 0.2) is 52.9 Å². The zero-order chi connectivity index (χ0) is 11.8. The van der Waals surface area contributed by atoms with Gasteiger partial charge in [-0.3, -0.25) is 0 Å². The Kier molecular flexibility index (Phi) is 2.15. The first kappa shape index (κ1) is 9.97. The Morgan fingerprint density at radius 1 is 1.00 bits per heavy atom. The van der Waals surface area contributed by atoms with Gasteiger partial charge in [0.05, 0.1) is 0 Å². The van der Waals surface area contributed by atoms with Crippen LogP contribution >= 0.6 is 0 Å². The molecule has 2 nitrogen and oxygen atoms in total. The number of hydrogen-bond donors (Lipinski definition) is 1. The summed E-state index contributed by atoms with van der Waals surface area (Å²) in [4.78, 5) is 0. The highest BCUT2D eigenvalue weighted by Crippen LogP contribution is 2.29. The van der Waals surface area contributed by atoms with Crippen molar-refractivity contribution < 1.29 is 4.42 Å².